The number of ether oxygens (including phenoxy) is 2. The molecular weight excluding hydrogens is 387 g/mol. The van der Waals surface area contributed by atoms with Crippen molar-refractivity contribution in [1.82, 2.24) is 15.0 Å². The number of guanidine groups is 1. The van der Waals surface area contributed by atoms with Gasteiger partial charge in [0.2, 0.25) is 5.96 Å². The van der Waals surface area contributed by atoms with E-state index in [4.69, 9.17) is 15.2 Å². The van der Waals surface area contributed by atoms with E-state index in [1.54, 1.807) is 50.4 Å². The lowest BCUT2D eigenvalue weighted by atomic mass is 9.88. The van der Waals surface area contributed by atoms with Crippen molar-refractivity contribution in [3.05, 3.63) is 23.8 Å². The third-order valence-electron chi connectivity index (χ3n) is 4.75. The Kier molecular flexibility index (Phi) is 8.49. The first kappa shape index (κ1) is 23.5. The molecule has 30 heavy (non-hydrogen) atoms. The number of carboxylic acid groups (broad SMARTS) is 1. The van der Waals surface area contributed by atoms with Crippen LogP contribution in [0.1, 0.15) is 32.8 Å². The molecule has 11 heteroatoms. The van der Waals surface area contributed by atoms with Crippen LogP contribution >= 0.6 is 0 Å². The van der Waals surface area contributed by atoms with Crippen molar-refractivity contribution in [2.24, 2.45) is 21.7 Å². The molecule has 4 N–H and O–H groups in total. The van der Waals surface area contributed by atoms with Crippen LogP contribution in [0.5, 0.6) is 11.5 Å². The maximum atomic E-state index is 11.6. The van der Waals surface area contributed by atoms with E-state index in [1.165, 1.54) is 5.01 Å². The molecule has 0 saturated heterocycles. The predicted octanol–water partition coefficient (Wildman–Crippen LogP) is 1.02. The Bertz CT molecular complexity index is 766. The van der Waals surface area contributed by atoms with Crippen LogP contribution in [0, 0.1) is 5.92 Å². The zero-order chi connectivity index (χ0) is 22.3. The van der Waals surface area contributed by atoms with E-state index in [0.717, 1.165) is 12.0 Å². The number of nitrogens with one attached hydrogen (secondary N) is 1. The monoisotopic (exact) mass is 418 g/mol. The molecule has 1 aromatic rings. The maximum absolute atomic E-state index is 11.6. The Morgan fingerprint density at radius 1 is 1.33 bits per heavy atom. The van der Waals surface area contributed by atoms with Crippen LogP contribution in [0.25, 0.3) is 0 Å². The summed E-state index contributed by atoms with van der Waals surface area (Å²) in [6.45, 7) is 6.75. The minimum atomic E-state index is -0.942. The zero-order valence-electron chi connectivity index (χ0n) is 18.2. The van der Waals surface area contributed by atoms with Gasteiger partial charge in [-0.3, -0.25) is 14.5 Å². The first-order valence-corrected chi connectivity index (χ1v) is 9.85. The third kappa shape index (κ3) is 6.36. The smallest absolute Gasteiger partial charge is 0.458 e. The van der Waals surface area contributed by atoms with Crippen LogP contribution in [0.4, 0.5) is 0 Å². The molecule has 1 aliphatic rings. The van der Waals surface area contributed by atoms with Crippen molar-refractivity contribution in [2.45, 2.75) is 33.2 Å². The van der Waals surface area contributed by atoms with Crippen molar-refractivity contribution in [1.29, 1.82) is 0 Å². The van der Waals surface area contributed by atoms with E-state index in [0.29, 0.717) is 24.0 Å². The molecule has 0 radical (unpaired) electrons. The number of benzene rings is 1. The Labute approximate surface area is 177 Å². The molecule has 1 aromatic carbocycles. The number of hydrogen-bond acceptors (Lipinski definition) is 9. The molecule has 2 rings (SSSR count). The molecule has 10 nitrogen and oxygen atoms in total. The molecule has 0 spiro atoms. The molecule has 164 valence electrons. The van der Waals surface area contributed by atoms with Crippen LogP contribution in [-0.4, -0.2) is 73.7 Å². The van der Waals surface area contributed by atoms with E-state index < -0.39 is 19.1 Å². The number of methoxy groups -OCH3 is 2. The van der Waals surface area contributed by atoms with Crippen LogP contribution in [-0.2, 0) is 4.79 Å². The number of carbonyl (C=O) groups is 1. The Hall–Kier alpha value is -2.79. The fourth-order valence-electron chi connectivity index (χ4n) is 2.85. The molecule has 1 atom stereocenters. The van der Waals surface area contributed by atoms with E-state index in [2.05, 4.69) is 29.1 Å². The van der Waals surface area contributed by atoms with Gasteiger partial charge in [-0.05, 0) is 37.9 Å². The van der Waals surface area contributed by atoms with Crippen LogP contribution < -0.4 is 20.4 Å². The van der Waals surface area contributed by atoms with Gasteiger partial charge >= 0.3 is 13.1 Å². The highest BCUT2D eigenvalue weighted by atomic mass is 16.5. The number of rotatable bonds is 10. The van der Waals surface area contributed by atoms with E-state index in [-0.39, 0.29) is 12.6 Å². The molecule has 0 aliphatic carbocycles. The molecule has 0 bridgehead atoms. The summed E-state index contributed by atoms with van der Waals surface area (Å²) in [4.78, 5) is 17.7. The minimum Gasteiger partial charge on any atom is -0.497 e. The normalized spacial score (nSPS) is 16.1. The average Bonchev–Trinajstić information content (AvgIpc) is 2.71. The van der Waals surface area contributed by atoms with Gasteiger partial charge in [0.15, 0.2) is 0 Å². The van der Waals surface area contributed by atoms with Gasteiger partial charge in [-0.25, -0.2) is 5.01 Å². The maximum Gasteiger partial charge on any atom is 0.458 e. The number of nitrogens with zero attached hydrogens (tertiary/aromatic N) is 4. The van der Waals surface area contributed by atoms with Gasteiger partial charge in [0.1, 0.15) is 11.5 Å². The Balaban J connectivity index is 2.22. The van der Waals surface area contributed by atoms with Crippen LogP contribution in [0.15, 0.2) is 28.2 Å². The molecule has 0 aromatic heterocycles. The van der Waals surface area contributed by atoms with Gasteiger partial charge in [0.05, 0.1) is 33.1 Å². The van der Waals surface area contributed by atoms with E-state index in [1.807, 2.05) is 0 Å². The van der Waals surface area contributed by atoms with Crippen molar-refractivity contribution < 1.29 is 19.4 Å². The highest BCUT2D eigenvalue weighted by molar-refractivity contribution is 6.53. The first-order valence-electron chi connectivity index (χ1n) is 9.85. The predicted molar refractivity (Wildman–Crippen MR) is 118 cm³/mol. The van der Waals surface area contributed by atoms with E-state index >= 15 is 0 Å². The Morgan fingerprint density at radius 2 is 1.97 bits per heavy atom. The standard InChI is InChI=1S/C19H31BN6O4/c1-13(2)6-7-22-20-24-19(21)26(12-25(20)14(3)18(27)28)23-11-15-8-16(29-4)10-17(9-15)30-5/h8-11,13-14,22H,6-7,12H2,1-5H3,(H2,21,24)(H,27,28). The van der Waals surface area contributed by atoms with Crippen molar-refractivity contribution in [3.8, 4) is 11.5 Å². The minimum absolute atomic E-state index is 0.180. The lowest BCUT2D eigenvalue weighted by Crippen LogP contribution is -2.63. The summed E-state index contributed by atoms with van der Waals surface area (Å²) in [5.74, 6) is 1.05. The summed E-state index contributed by atoms with van der Waals surface area (Å²) in [7, 11) is 2.61. The first-order chi connectivity index (χ1) is 14.2. The van der Waals surface area contributed by atoms with Gasteiger partial charge in [-0.2, -0.15) is 5.10 Å². The molecule has 1 unspecified atom stereocenters. The summed E-state index contributed by atoms with van der Waals surface area (Å²) < 4.78 is 10.5. The summed E-state index contributed by atoms with van der Waals surface area (Å²) in [5, 5.41) is 18.6. The topological polar surface area (TPSA) is 125 Å². The van der Waals surface area contributed by atoms with Gasteiger partial charge in [-0.1, -0.05) is 13.8 Å². The molecule has 0 saturated carbocycles. The number of carboxylic acids is 1. The molecule has 1 heterocycles. The van der Waals surface area contributed by atoms with Crippen molar-refractivity contribution in [3.63, 3.8) is 0 Å². The van der Waals surface area contributed by atoms with Gasteiger partial charge in [0, 0.05) is 11.6 Å². The van der Waals surface area contributed by atoms with E-state index in [9.17, 15) is 9.90 Å². The summed E-state index contributed by atoms with van der Waals surface area (Å²) in [6.07, 6.45) is 2.55. The quantitative estimate of drug-likeness (QED) is 0.380. The Morgan fingerprint density at radius 3 is 2.50 bits per heavy atom. The molecular formula is C19H31BN6O4. The molecule has 1 aliphatic heterocycles. The van der Waals surface area contributed by atoms with Crippen LogP contribution in [0.3, 0.4) is 0 Å². The van der Waals surface area contributed by atoms with Gasteiger partial charge in [0.25, 0.3) is 0 Å². The highest BCUT2D eigenvalue weighted by Gasteiger charge is 2.37. The fraction of sp³-hybridized carbons (Fsp3) is 0.526. The van der Waals surface area contributed by atoms with Crippen molar-refractivity contribution in [2.75, 3.05) is 27.4 Å². The lowest BCUT2D eigenvalue weighted by molar-refractivity contribution is -0.141. The number of aliphatic carboxylic acids is 1. The average molecular weight is 418 g/mol. The van der Waals surface area contributed by atoms with Crippen molar-refractivity contribution >= 4 is 25.3 Å². The summed E-state index contributed by atoms with van der Waals surface area (Å²) in [6, 6.07) is 4.60. The second-order valence-corrected chi connectivity index (χ2v) is 7.46. The molecule has 0 fully saturated rings. The lowest BCUT2D eigenvalue weighted by Gasteiger charge is -2.37. The van der Waals surface area contributed by atoms with Gasteiger partial charge < -0.3 is 25.5 Å². The SMILES string of the molecule is COc1cc(C=NN2CN(C(C)C(=O)O)B(NCCC(C)C)N=C2N)cc(OC)c1. The second-order valence-electron chi connectivity index (χ2n) is 7.46. The summed E-state index contributed by atoms with van der Waals surface area (Å²) in [5.41, 5.74) is 6.86. The number of nitrogens with two attached hydrogens (primary N) is 1. The zero-order valence-corrected chi connectivity index (χ0v) is 18.2. The number of hydrogen-bond donors (Lipinski definition) is 3. The molecule has 0 amide bonds. The third-order valence-corrected chi connectivity index (χ3v) is 4.75. The second kappa shape index (κ2) is 10.8. The fourth-order valence-corrected chi connectivity index (χ4v) is 2.85. The summed E-state index contributed by atoms with van der Waals surface area (Å²) >= 11 is 0. The van der Waals surface area contributed by atoms with Gasteiger partial charge in [-0.15, -0.1) is 0 Å². The number of hydrazone groups is 1. The largest absolute Gasteiger partial charge is 0.497 e. The van der Waals surface area contributed by atoms with Crippen LogP contribution in [0.2, 0.25) is 0 Å². The highest BCUT2D eigenvalue weighted by Crippen LogP contribution is 2.21.